The fourth-order valence-corrected chi connectivity index (χ4v) is 2.04. The second kappa shape index (κ2) is 7.36. The van der Waals surface area contributed by atoms with Crippen molar-refractivity contribution in [2.75, 3.05) is 26.2 Å². The third-order valence-corrected chi connectivity index (χ3v) is 3.43. The monoisotopic (exact) mass is 256 g/mol. The zero-order valence-corrected chi connectivity index (χ0v) is 11.6. The van der Waals surface area contributed by atoms with E-state index in [-0.39, 0.29) is 6.10 Å². The summed E-state index contributed by atoms with van der Waals surface area (Å²) in [5, 5.41) is 2.73. The topological polar surface area (TPSA) is 58.6 Å². The van der Waals surface area contributed by atoms with E-state index in [1.165, 1.54) is 0 Å². The van der Waals surface area contributed by atoms with E-state index in [1.54, 1.807) is 4.90 Å². The highest BCUT2D eigenvalue weighted by Crippen LogP contribution is 2.06. The van der Waals surface area contributed by atoms with Crippen LogP contribution in [0.4, 0.5) is 0 Å². The minimum absolute atomic E-state index is 0.00883. The van der Waals surface area contributed by atoms with Crippen molar-refractivity contribution in [1.82, 2.24) is 10.2 Å². The van der Waals surface area contributed by atoms with Crippen molar-refractivity contribution in [3.05, 3.63) is 0 Å². The van der Waals surface area contributed by atoms with E-state index < -0.39 is 11.8 Å². The van der Waals surface area contributed by atoms with Gasteiger partial charge in [0.15, 0.2) is 0 Å². The molecule has 1 rings (SSSR count). The first-order valence-corrected chi connectivity index (χ1v) is 6.77. The minimum atomic E-state index is -0.490. The molecule has 1 fully saturated rings. The van der Waals surface area contributed by atoms with Crippen molar-refractivity contribution >= 4 is 11.8 Å². The summed E-state index contributed by atoms with van der Waals surface area (Å²) in [5.41, 5.74) is 0. The second-order valence-corrected chi connectivity index (χ2v) is 4.83. The molecule has 0 aromatic heterocycles. The summed E-state index contributed by atoms with van der Waals surface area (Å²) in [6.45, 7) is 8.17. The fraction of sp³-hybridized carbons (Fsp3) is 0.846. The standard InChI is InChI=1S/C13H24N2O3/c1-4-11(5-2)8-14-12(16)13(17)15-6-7-18-10(3)9-15/h10-11H,4-9H2,1-3H3,(H,14,16). The van der Waals surface area contributed by atoms with Crippen molar-refractivity contribution in [2.45, 2.75) is 39.7 Å². The fourth-order valence-electron chi connectivity index (χ4n) is 2.04. The molecule has 1 heterocycles. The van der Waals surface area contributed by atoms with Gasteiger partial charge in [-0.2, -0.15) is 0 Å². The van der Waals surface area contributed by atoms with E-state index in [2.05, 4.69) is 19.2 Å². The third-order valence-electron chi connectivity index (χ3n) is 3.43. The smallest absolute Gasteiger partial charge is 0.312 e. The molecule has 1 aliphatic rings. The molecule has 18 heavy (non-hydrogen) atoms. The molecule has 0 radical (unpaired) electrons. The lowest BCUT2D eigenvalue weighted by molar-refractivity contribution is -0.150. The highest BCUT2D eigenvalue weighted by molar-refractivity contribution is 6.35. The van der Waals surface area contributed by atoms with Crippen LogP contribution in [0.2, 0.25) is 0 Å². The predicted octanol–water partition coefficient (Wildman–Crippen LogP) is 0.786. The predicted molar refractivity (Wildman–Crippen MR) is 69.1 cm³/mol. The summed E-state index contributed by atoms with van der Waals surface area (Å²) in [6.07, 6.45) is 2.04. The maximum Gasteiger partial charge on any atom is 0.312 e. The van der Waals surface area contributed by atoms with Crippen molar-refractivity contribution in [3.8, 4) is 0 Å². The maximum absolute atomic E-state index is 11.9. The van der Waals surface area contributed by atoms with Crippen LogP contribution in [0.3, 0.4) is 0 Å². The van der Waals surface area contributed by atoms with Gasteiger partial charge in [0.1, 0.15) is 0 Å². The molecular weight excluding hydrogens is 232 g/mol. The quantitative estimate of drug-likeness (QED) is 0.756. The average molecular weight is 256 g/mol. The van der Waals surface area contributed by atoms with Gasteiger partial charge in [0.05, 0.1) is 12.7 Å². The molecule has 0 aromatic carbocycles. The van der Waals surface area contributed by atoms with Gasteiger partial charge in [0, 0.05) is 19.6 Å². The van der Waals surface area contributed by atoms with Gasteiger partial charge >= 0.3 is 11.8 Å². The Morgan fingerprint density at radius 2 is 2.06 bits per heavy atom. The molecule has 0 aromatic rings. The number of carbonyl (C=O) groups is 2. The van der Waals surface area contributed by atoms with Crippen molar-refractivity contribution in [3.63, 3.8) is 0 Å². The van der Waals surface area contributed by atoms with Crippen LogP contribution in [0.25, 0.3) is 0 Å². The SMILES string of the molecule is CCC(CC)CNC(=O)C(=O)N1CCOC(C)C1. The van der Waals surface area contributed by atoms with Gasteiger partial charge in [-0.25, -0.2) is 0 Å². The minimum Gasteiger partial charge on any atom is -0.375 e. The number of amides is 2. The molecule has 1 N–H and O–H groups in total. The third kappa shape index (κ3) is 4.29. The van der Waals surface area contributed by atoms with E-state index in [1.807, 2.05) is 6.92 Å². The Morgan fingerprint density at radius 1 is 1.39 bits per heavy atom. The highest BCUT2D eigenvalue weighted by atomic mass is 16.5. The summed E-state index contributed by atoms with van der Waals surface area (Å²) in [4.78, 5) is 25.2. The summed E-state index contributed by atoms with van der Waals surface area (Å²) >= 11 is 0. The van der Waals surface area contributed by atoms with Gasteiger partial charge in [-0.05, 0) is 12.8 Å². The van der Waals surface area contributed by atoms with Crippen LogP contribution < -0.4 is 5.32 Å². The Balaban J connectivity index is 2.38. The van der Waals surface area contributed by atoms with Gasteiger partial charge in [-0.15, -0.1) is 0 Å². The van der Waals surface area contributed by atoms with Gasteiger partial charge in [-0.3, -0.25) is 9.59 Å². The number of rotatable bonds is 4. The average Bonchev–Trinajstić information content (AvgIpc) is 2.38. The normalized spacial score (nSPS) is 20.0. The number of nitrogens with one attached hydrogen (secondary N) is 1. The van der Waals surface area contributed by atoms with E-state index >= 15 is 0 Å². The molecule has 104 valence electrons. The first-order valence-electron chi connectivity index (χ1n) is 6.77. The number of ether oxygens (including phenoxy) is 1. The zero-order valence-electron chi connectivity index (χ0n) is 11.6. The Hall–Kier alpha value is -1.10. The number of nitrogens with zero attached hydrogens (tertiary/aromatic N) is 1. The number of hydrogen-bond donors (Lipinski definition) is 1. The summed E-state index contributed by atoms with van der Waals surface area (Å²) < 4.78 is 5.35. The van der Waals surface area contributed by atoms with Gasteiger partial charge < -0.3 is 15.0 Å². The van der Waals surface area contributed by atoms with E-state index in [4.69, 9.17) is 4.74 Å². The van der Waals surface area contributed by atoms with Crippen LogP contribution in [0.5, 0.6) is 0 Å². The van der Waals surface area contributed by atoms with Crippen molar-refractivity contribution < 1.29 is 14.3 Å². The lowest BCUT2D eigenvalue weighted by Gasteiger charge is -2.30. The Morgan fingerprint density at radius 3 is 2.61 bits per heavy atom. The second-order valence-electron chi connectivity index (χ2n) is 4.83. The summed E-state index contributed by atoms with van der Waals surface area (Å²) in [6, 6.07) is 0. The highest BCUT2D eigenvalue weighted by Gasteiger charge is 2.26. The summed E-state index contributed by atoms with van der Waals surface area (Å²) in [5.74, 6) is -0.475. The molecule has 5 heteroatoms. The molecule has 0 saturated carbocycles. The van der Waals surface area contributed by atoms with Crippen LogP contribution in [-0.4, -0.2) is 49.1 Å². The van der Waals surface area contributed by atoms with E-state index in [0.29, 0.717) is 32.2 Å². The van der Waals surface area contributed by atoms with E-state index in [9.17, 15) is 9.59 Å². The Kier molecular flexibility index (Phi) is 6.12. The largest absolute Gasteiger partial charge is 0.375 e. The number of hydrogen-bond acceptors (Lipinski definition) is 3. The molecule has 0 aliphatic carbocycles. The molecule has 0 bridgehead atoms. The lowest BCUT2D eigenvalue weighted by atomic mass is 10.0. The van der Waals surface area contributed by atoms with Crippen LogP contribution in [0.1, 0.15) is 33.6 Å². The molecule has 1 atom stereocenters. The van der Waals surface area contributed by atoms with E-state index in [0.717, 1.165) is 12.8 Å². The molecule has 0 spiro atoms. The molecule has 5 nitrogen and oxygen atoms in total. The van der Waals surface area contributed by atoms with Gasteiger partial charge in [-0.1, -0.05) is 26.7 Å². The first-order chi connectivity index (χ1) is 8.58. The van der Waals surface area contributed by atoms with Crippen molar-refractivity contribution in [1.29, 1.82) is 0 Å². The Labute approximate surface area is 109 Å². The Bertz CT molecular complexity index is 290. The van der Waals surface area contributed by atoms with Gasteiger partial charge in [0.2, 0.25) is 0 Å². The summed E-state index contributed by atoms with van der Waals surface area (Å²) in [7, 11) is 0. The first kappa shape index (κ1) is 15.0. The lowest BCUT2D eigenvalue weighted by Crippen LogP contribution is -2.50. The molecule has 1 unspecified atom stereocenters. The maximum atomic E-state index is 11.9. The van der Waals surface area contributed by atoms with Gasteiger partial charge in [0.25, 0.3) is 0 Å². The molecular formula is C13H24N2O3. The van der Waals surface area contributed by atoms with Crippen LogP contribution in [0, 0.1) is 5.92 Å². The molecule has 1 saturated heterocycles. The van der Waals surface area contributed by atoms with Crippen LogP contribution in [-0.2, 0) is 14.3 Å². The molecule has 2 amide bonds. The van der Waals surface area contributed by atoms with Crippen LogP contribution in [0.15, 0.2) is 0 Å². The molecule has 1 aliphatic heterocycles. The number of morpholine rings is 1. The van der Waals surface area contributed by atoms with Crippen LogP contribution >= 0.6 is 0 Å². The number of carbonyl (C=O) groups excluding carboxylic acids is 2. The zero-order chi connectivity index (χ0) is 13.5. The van der Waals surface area contributed by atoms with Crippen molar-refractivity contribution in [2.24, 2.45) is 5.92 Å².